The number of nitrogens with zero attached hydrogens (tertiary/aromatic N) is 2. The molecule has 1 aliphatic rings. The number of rotatable bonds is 4. The summed E-state index contributed by atoms with van der Waals surface area (Å²) in [5.41, 5.74) is 0.536. The van der Waals surface area contributed by atoms with Crippen LogP contribution in [0.2, 0.25) is 5.02 Å². The Morgan fingerprint density at radius 3 is 2.32 bits per heavy atom. The molecule has 4 rings (SSSR count). The SMILES string of the molecule is O=C1C(=O)N(c2cccc([N+](=O)[O-])c2)[C@H](c2ccccc2Cl)C1=C(O)c1ccccc1. The predicted molar refractivity (Wildman–Crippen MR) is 116 cm³/mol. The molecule has 0 bridgehead atoms. The lowest BCUT2D eigenvalue weighted by molar-refractivity contribution is -0.384. The van der Waals surface area contributed by atoms with Gasteiger partial charge in [0.05, 0.1) is 22.2 Å². The first kappa shape index (κ1) is 20.3. The Morgan fingerprint density at radius 1 is 0.968 bits per heavy atom. The number of non-ortho nitro benzene ring substituents is 1. The van der Waals surface area contributed by atoms with Crippen molar-refractivity contribution in [3.05, 3.63) is 111 Å². The second-order valence-corrected chi connectivity index (χ2v) is 7.24. The number of ketones is 1. The van der Waals surface area contributed by atoms with Gasteiger partial charge in [0, 0.05) is 22.7 Å². The molecule has 3 aromatic rings. The molecule has 3 aromatic carbocycles. The van der Waals surface area contributed by atoms with Crippen LogP contribution in [0.25, 0.3) is 5.76 Å². The number of hydrogen-bond acceptors (Lipinski definition) is 5. The zero-order valence-corrected chi connectivity index (χ0v) is 16.7. The Labute approximate surface area is 182 Å². The van der Waals surface area contributed by atoms with E-state index in [2.05, 4.69) is 0 Å². The van der Waals surface area contributed by atoms with Gasteiger partial charge in [-0.2, -0.15) is 0 Å². The number of amides is 1. The first-order chi connectivity index (χ1) is 14.9. The largest absolute Gasteiger partial charge is 0.507 e. The van der Waals surface area contributed by atoms with Crippen molar-refractivity contribution >= 4 is 40.4 Å². The van der Waals surface area contributed by atoms with Crippen molar-refractivity contribution in [3.63, 3.8) is 0 Å². The van der Waals surface area contributed by atoms with Gasteiger partial charge in [-0.15, -0.1) is 0 Å². The van der Waals surface area contributed by atoms with E-state index < -0.39 is 22.7 Å². The van der Waals surface area contributed by atoms with Crippen molar-refractivity contribution in [1.29, 1.82) is 0 Å². The highest BCUT2D eigenvalue weighted by molar-refractivity contribution is 6.52. The number of hydrogen-bond donors (Lipinski definition) is 1. The van der Waals surface area contributed by atoms with Crippen LogP contribution in [-0.4, -0.2) is 21.7 Å². The first-order valence-corrected chi connectivity index (χ1v) is 9.63. The minimum atomic E-state index is -1.06. The molecule has 0 saturated carbocycles. The molecule has 0 aliphatic carbocycles. The standard InChI is InChI=1S/C23H15ClN2O5/c24-18-12-5-4-11-17(18)20-19(21(27)14-7-2-1-3-8-14)22(28)23(29)25(20)15-9-6-10-16(13-15)26(30)31/h1-13,20,27H/t20-/m1/s1. The molecule has 0 spiro atoms. The number of anilines is 1. The molecule has 1 fully saturated rings. The maximum Gasteiger partial charge on any atom is 0.300 e. The maximum atomic E-state index is 13.0. The van der Waals surface area contributed by atoms with E-state index in [4.69, 9.17) is 11.6 Å². The maximum absolute atomic E-state index is 13.0. The predicted octanol–water partition coefficient (Wildman–Crippen LogP) is 4.87. The molecule has 0 unspecified atom stereocenters. The lowest BCUT2D eigenvalue weighted by atomic mass is 9.95. The Morgan fingerprint density at radius 2 is 1.65 bits per heavy atom. The number of aliphatic hydroxyl groups excluding tert-OH is 1. The molecule has 1 amide bonds. The first-order valence-electron chi connectivity index (χ1n) is 9.25. The minimum Gasteiger partial charge on any atom is -0.507 e. The van der Waals surface area contributed by atoms with Gasteiger partial charge in [0.2, 0.25) is 0 Å². The lowest BCUT2D eigenvalue weighted by Crippen LogP contribution is -2.29. The van der Waals surface area contributed by atoms with Crippen LogP contribution in [0.4, 0.5) is 11.4 Å². The normalized spacial score (nSPS) is 17.7. The fourth-order valence-corrected chi connectivity index (χ4v) is 3.84. The number of Topliss-reactive ketones (excluding diaryl/α,β-unsaturated/α-hetero) is 1. The molecule has 31 heavy (non-hydrogen) atoms. The summed E-state index contributed by atoms with van der Waals surface area (Å²) in [5, 5.41) is 22.5. The van der Waals surface area contributed by atoms with Crippen LogP contribution in [0.15, 0.2) is 84.4 Å². The van der Waals surface area contributed by atoms with Crippen molar-refractivity contribution in [2.45, 2.75) is 6.04 Å². The summed E-state index contributed by atoms with van der Waals surface area (Å²) in [5.74, 6) is -2.17. The minimum absolute atomic E-state index is 0.143. The topological polar surface area (TPSA) is 101 Å². The number of halogens is 1. The number of aliphatic hydroxyl groups is 1. The Kier molecular flexibility index (Phi) is 5.27. The summed E-state index contributed by atoms with van der Waals surface area (Å²) in [7, 11) is 0. The van der Waals surface area contributed by atoms with Crippen molar-refractivity contribution < 1.29 is 19.6 Å². The van der Waals surface area contributed by atoms with E-state index in [0.29, 0.717) is 11.1 Å². The van der Waals surface area contributed by atoms with Gasteiger partial charge in [0.25, 0.3) is 17.4 Å². The summed E-state index contributed by atoms with van der Waals surface area (Å²) < 4.78 is 0. The van der Waals surface area contributed by atoms with Gasteiger partial charge in [-0.25, -0.2) is 0 Å². The van der Waals surface area contributed by atoms with Crippen LogP contribution in [0.3, 0.4) is 0 Å². The van der Waals surface area contributed by atoms with Crippen molar-refractivity contribution in [3.8, 4) is 0 Å². The molecule has 7 nitrogen and oxygen atoms in total. The molecule has 1 atom stereocenters. The average molecular weight is 435 g/mol. The highest BCUT2D eigenvalue weighted by Gasteiger charge is 2.47. The lowest BCUT2D eigenvalue weighted by Gasteiger charge is -2.26. The van der Waals surface area contributed by atoms with Crippen molar-refractivity contribution in [2.24, 2.45) is 0 Å². The van der Waals surface area contributed by atoms with E-state index in [9.17, 15) is 24.8 Å². The summed E-state index contributed by atoms with van der Waals surface area (Å²) in [6.45, 7) is 0. The number of carbonyl (C=O) groups is 2. The van der Waals surface area contributed by atoms with Crippen molar-refractivity contribution in [2.75, 3.05) is 4.90 Å². The van der Waals surface area contributed by atoms with E-state index in [0.717, 1.165) is 4.90 Å². The van der Waals surface area contributed by atoms with Gasteiger partial charge in [-0.05, 0) is 17.7 Å². The van der Waals surface area contributed by atoms with Crippen LogP contribution >= 0.6 is 11.6 Å². The zero-order chi connectivity index (χ0) is 22.1. The van der Waals surface area contributed by atoms with Crippen LogP contribution < -0.4 is 4.90 Å². The molecule has 1 saturated heterocycles. The molecular weight excluding hydrogens is 420 g/mol. The van der Waals surface area contributed by atoms with Gasteiger partial charge in [0.15, 0.2) is 0 Å². The van der Waals surface area contributed by atoms with Crippen LogP contribution in [-0.2, 0) is 9.59 Å². The van der Waals surface area contributed by atoms with Crippen molar-refractivity contribution in [1.82, 2.24) is 0 Å². The molecule has 8 heteroatoms. The molecule has 1 aliphatic heterocycles. The van der Waals surface area contributed by atoms with Gasteiger partial charge >= 0.3 is 0 Å². The Balaban J connectivity index is 1.98. The molecule has 1 N–H and O–H groups in total. The van der Waals surface area contributed by atoms with Gasteiger partial charge in [-0.3, -0.25) is 24.6 Å². The van der Waals surface area contributed by atoms with Gasteiger partial charge in [-0.1, -0.05) is 66.2 Å². The highest BCUT2D eigenvalue weighted by Crippen LogP contribution is 2.44. The fraction of sp³-hybridized carbons (Fsp3) is 0.0435. The second kappa shape index (κ2) is 8.04. The summed E-state index contributed by atoms with van der Waals surface area (Å²) in [6.07, 6.45) is 0. The third-order valence-corrected chi connectivity index (χ3v) is 5.35. The summed E-state index contributed by atoms with van der Waals surface area (Å²) >= 11 is 6.39. The van der Waals surface area contributed by atoms with E-state index in [-0.39, 0.29) is 27.7 Å². The molecule has 154 valence electrons. The number of carbonyl (C=O) groups excluding carboxylic acids is 2. The third-order valence-electron chi connectivity index (χ3n) is 5.01. The monoisotopic (exact) mass is 434 g/mol. The second-order valence-electron chi connectivity index (χ2n) is 6.83. The molecule has 1 heterocycles. The van der Waals surface area contributed by atoms with E-state index in [1.54, 1.807) is 54.6 Å². The Bertz CT molecular complexity index is 1240. The average Bonchev–Trinajstić information content (AvgIpc) is 3.04. The van der Waals surface area contributed by atoms with Gasteiger partial charge in [0.1, 0.15) is 5.76 Å². The van der Waals surface area contributed by atoms with Gasteiger partial charge < -0.3 is 5.11 Å². The van der Waals surface area contributed by atoms with E-state index in [1.807, 2.05) is 0 Å². The van der Waals surface area contributed by atoms with Crippen LogP contribution in [0.5, 0.6) is 0 Å². The highest BCUT2D eigenvalue weighted by atomic mass is 35.5. The number of nitro benzene ring substituents is 1. The van der Waals surface area contributed by atoms with E-state index in [1.165, 1.54) is 24.3 Å². The summed E-state index contributed by atoms with van der Waals surface area (Å²) in [4.78, 5) is 37.9. The zero-order valence-electron chi connectivity index (χ0n) is 15.9. The van der Waals surface area contributed by atoms with Crippen LogP contribution in [0, 0.1) is 10.1 Å². The molecular formula is C23H15ClN2O5. The third kappa shape index (κ3) is 3.55. The number of nitro groups is 1. The summed E-state index contributed by atoms with van der Waals surface area (Å²) in [6, 6.07) is 19.3. The Hall–Kier alpha value is -3.97. The number of benzene rings is 3. The van der Waals surface area contributed by atoms with Crippen LogP contribution in [0.1, 0.15) is 17.2 Å². The fourth-order valence-electron chi connectivity index (χ4n) is 3.60. The molecule has 0 aromatic heterocycles. The smallest absolute Gasteiger partial charge is 0.300 e. The van der Waals surface area contributed by atoms with E-state index >= 15 is 0 Å². The quantitative estimate of drug-likeness (QED) is 0.207. The molecule has 0 radical (unpaired) electrons.